The van der Waals surface area contributed by atoms with Crippen LogP contribution in [-0.2, 0) is 6.42 Å². The third-order valence-corrected chi connectivity index (χ3v) is 2.41. The summed E-state index contributed by atoms with van der Waals surface area (Å²) in [6.45, 7) is 9.27. The lowest BCUT2D eigenvalue weighted by Crippen LogP contribution is -2.24. The van der Waals surface area contributed by atoms with Gasteiger partial charge in [-0.05, 0) is 36.6 Å². The first-order valence-electron chi connectivity index (χ1n) is 6.14. The van der Waals surface area contributed by atoms with Crippen LogP contribution in [0.2, 0.25) is 0 Å². The average molecular weight is 221 g/mol. The minimum Gasteiger partial charge on any atom is -0.492 e. The molecule has 0 amide bonds. The Hall–Kier alpha value is -1.02. The molecule has 16 heavy (non-hydrogen) atoms. The second-order valence-corrected chi connectivity index (χ2v) is 4.45. The van der Waals surface area contributed by atoms with Crippen molar-refractivity contribution in [1.29, 1.82) is 0 Å². The van der Waals surface area contributed by atoms with Gasteiger partial charge in [0.15, 0.2) is 0 Å². The summed E-state index contributed by atoms with van der Waals surface area (Å²) in [4.78, 5) is 0. The number of rotatable bonds is 7. The minimum atomic E-state index is 0.698. The van der Waals surface area contributed by atoms with Crippen molar-refractivity contribution < 1.29 is 4.74 Å². The summed E-state index contributed by atoms with van der Waals surface area (Å²) >= 11 is 0. The predicted octanol–water partition coefficient (Wildman–Crippen LogP) is 2.87. The van der Waals surface area contributed by atoms with E-state index >= 15 is 0 Å². The normalized spacial score (nSPS) is 10.8. The molecule has 1 N–H and O–H groups in total. The number of nitrogens with one attached hydrogen (secondary N) is 1. The van der Waals surface area contributed by atoms with Gasteiger partial charge in [-0.3, -0.25) is 0 Å². The largest absolute Gasteiger partial charge is 0.492 e. The second-order valence-electron chi connectivity index (χ2n) is 4.45. The number of hydrogen-bond donors (Lipinski definition) is 1. The molecule has 0 bridgehead atoms. The van der Waals surface area contributed by atoms with Gasteiger partial charge in [-0.2, -0.15) is 0 Å². The third kappa shape index (κ3) is 5.17. The van der Waals surface area contributed by atoms with E-state index in [1.807, 2.05) is 6.07 Å². The molecule has 0 aliphatic heterocycles. The Morgan fingerprint density at radius 1 is 1.31 bits per heavy atom. The van der Waals surface area contributed by atoms with E-state index in [9.17, 15) is 0 Å². The van der Waals surface area contributed by atoms with Gasteiger partial charge in [-0.1, -0.05) is 32.9 Å². The molecule has 1 aromatic carbocycles. The summed E-state index contributed by atoms with van der Waals surface area (Å²) < 4.78 is 5.67. The molecule has 0 aliphatic carbocycles. The van der Waals surface area contributed by atoms with E-state index in [2.05, 4.69) is 44.3 Å². The maximum atomic E-state index is 5.67. The molecule has 1 aromatic rings. The molecule has 0 aliphatic rings. The third-order valence-electron chi connectivity index (χ3n) is 2.41. The lowest BCUT2D eigenvalue weighted by molar-refractivity contribution is 0.311. The van der Waals surface area contributed by atoms with Gasteiger partial charge in [0, 0.05) is 6.54 Å². The van der Waals surface area contributed by atoms with Crippen LogP contribution in [0.1, 0.15) is 26.3 Å². The Kier molecular flexibility index (Phi) is 5.94. The molecule has 2 heteroatoms. The van der Waals surface area contributed by atoms with Gasteiger partial charge in [-0.15, -0.1) is 0 Å². The molecule has 1 rings (SSSR count). The van der Waals surface area contributed by atoms with Gasteiger partial charge in [0.2, 0.25) is 0 Å². The maximum absolute atomic E-state index is 5.67. The monoisotopic (exact) mass is 221 g/mol. The number of ether oxygens (including phenoxy) is 1. The van der Waals surface area contributed by atoms with Crippen molar-refractivity contribution in [1.82, 2.24) is 5.32 Å². The number of aryl methyl sites for hydroxylation is 1. The summed E-state index contributed by atoms with van der Waals surface area (Å²) in [6.07, 6.45) is 1.06. The zero-order chi connectivity index (χ0) is 11.8. The summed E-state index contributed by atoms with van der Waals surface area (Å²) in [5.74, 6) is 1.68. The first-order chi connectivity index (χ1) is 7.72. The predicted molar refractivity (Wildman–Crippen MR) is 69.0 cm³/mol. The Morgan fingerprint density at radius 2 is 2.12 bits per heavy atom. The first-order valence-corrected chi connectivity index (χ1v) is 6.14. The van der Waals surface area contributed by atoms with Gasteiger partial charge >= 0.3 is 0 Å². The molecule has 0 heterocycles. The van der Waals surface area contributed by atoms with Gasteiger partial charge in [-0.25, -0.2) is 0 Å². The highest BCUT2D eigenvalue weighted by Crippen LogP contribution is 2.13. The molecule has 0 aromatic heterocycles. The molecule has 90 valence electrons. The molecule has 0 fully saturated rings. The van der Waals surface area contributed by atoms with E-state index in [1.165, 1.54) is 5.56 Å². The van der Waals surface area contributed by atoms with E-state index in [4.69, 9.17) is 4.74 Å². The van der Waals surface area contributed by atoms with Gasteiger partial charge in [0.25, 0.3) is 0 Å². The van der Waals surface area contributed by atoms with Crippen LogP contribution in [0.15, 0.2) is 24.3 Å². The second kappa shape index (κ2) is 7.29. The van der Waals surface area contributed by atoms with Crippen molar-refractivity contribution in [3.8, 4) is 5.75 Å². The average Bonchev–Trinajstić information content (AvgIpc) is 2.28. The molecular formula is C14H23NO. The number of hydrogen-bond acceptors (Lipinski definition) is 2. The fourth-order valence-electron chi connectivity index (χ4n) is 1.49. The maximum Gasteiger partial charge on any atom is 0.119 e. The van der Waals surface area contributed by atoms with Crippen LogP contribution >= 0.6 is 0 Å². The summed E-state index contributed by atoms with van der Waals surface area (Å²) in [7, 11) is 0. The van der Waals surface area contributed by atoms with Crippen LogP contribution < -0.4 is 10.1 Å². The molecule has 0 saturated heterocycles. The van der Waals surface area contributed by atoms with Gasteiger partial charge < -0.3 is 10.1 Å². The van der Waals surface area contributed by atoms with E-state index in [-0.39, 0.29) is 0 Å². The van der Waals surface area contributed by atoms with Crippen LogP contribution in [0.3, 0.4) is 0 Å². The molecule has 0 unspecified atom stereocenters. The quantitative estimate of drug-likeness (QED) is 0.715. The molecule has 0 saturated carbocycles. The van der Waals surface area contributed by atoms with E-state index in [0.717, 1.165) is 31.9 Å². The van der Waals surface area contributed by atoms with Crippen LogP contribution in [0.25, 0.3) is 0 Å². The molecule has 2 nitrogen and oxygen atoms in total. The van der Waals surface area contributed by atoms with Crippen LogP contribution in [0.4, 0.5) is 0 Å². The van der Waals surface area contributed by atoms with Gasteiger partial charge in [0.1, 0.15) is 12.4 Å². The highest BCUT2D eigenvalue weighted by atomic mass is 16.5. The Bertz CT molecular complexity index is 297. The lowest BCUT2D eigenvalue weighted by atomic mass is 10.2. The van der Waals surface area contributed by atoms with Crippen molar-refractivity contribution in [3.05, 3.63) is 29.8 Å². The zero-order valence-electron chi connectivity index (χ0n) is 10.6. The lowest BCUT2D eigenvalue weighted by Gasteiger charge is -2.09. The van der Waals surface area contributed by atoms with Crippen molar-refractivity contribution in [2.24, 2.45) is 5.92 Å². The zero-order valence-corrected chi connectivity index (χ0v) is 10.6. The Balaban J connectivity index is 2.21. The molecular weight excluding hydrogens is 198 g/mol. The topological polar surface area (TPSA) is 21.3 Å². The van der Waals surface area contributed by atoms with Crippen LogP contribution in [0, 0.1) is 5.92 Å². The minimum absolute atomic E-state index is 0.698. The Morgan fingerprint density at radius 3 is 2.81 bits per heavy atom. The van der Waals surface area contributed by atoms with Gasteiger partial charge in [0.05, 0.1) is 0 Å². The summed E-state index contributed by atoms with van der Waals surface area (Å²) in [6, 6.07) is 8.31. The standard InChI is InChI=1S/C14H23NO/c1-4-13-6-5-7-14(10-13)16-9-8-15-11-12(2)3/h5-7,10,12,15H,4,8-9,11H2,1-3H3. The summed E-state index contributed by atoms with van der Waals surface area (Å²) in [5.41, 5.74) is 1.33. The fourth-order valence-corrected chi connectivity index (χ4v) is 1.49. The molecule has 0 atom stereocenters. The van der Waals surface area contributed by atoms with E-state index < -0.39 is 0 Å². The van der Waals surface area contributed by atoms with Crippen LogP contribution in [0.5, 0.6) is 5.75 Å². The highest BCUT2D eigenvalue weighted by Gasteiger charge is 1.96. The van der Waals surface area contributed by atoms with Crippen molar-refractivity contribution in [2.75, 3.05) is 19.7 Å². The molecule has 0 spiro atoms. The Labute approximate surface area is 99.0 Å². The van der Waals surface area contributed by atoms with Crippen LogP contribution in [-0.4, -0.2) is 19.7 Å². The SMILES string of the molecule is CCc1cccc(OCCNCC(C)C)c1. The number of benzene rings is 1. The highest BCUT2D eigenvalue weighted by molar-refractivity contribution is 5.28. The van der Waals surface area contributed by atoms with E-state index in [1.54, 1.807) is 0 Å². The van der Waals surface area contributed by atoms with E-state index in [0.29, 0.717) is 5.92 Å². The smallest absolute Gasteiger partial charge is 0.119 e. The van der Waals surface area contributed by atoms with Crippen molar-refractivity contribution >= 4 is 0 Å². The van der Waals surface area contributed by atoms with Crippen molar-refractivity contribution in [3.63, 3.8) is 0 Å². The fraction of sp³-hybridized carbons (Fsp3) is 0.571. The first kappa shape index (κ1) is 13.0. The van der Waals surface area contributed by atoms with Crippen molar-refractivity contribution in [2.45, 2.75) is 27.2 Å². The molecule has 0 radical (unpaired) electrons. The summed E-state index contributed by atoms with van der Waals surface area (Å²) in [5, 5.41) is 3.36.